The van der Waals surface area contributed by atoms with Crippen LogP contribution in [0.4, 0.5) is 10.8 Å². The predicted molar refractivity (Wildman–Crippen MR) is 100 cm³/mol. The predicted octanol–water partition coefficient (Wildman–Crippen LogP) is 4.35. The molecular weight excluding hydrogens is 344 g/mol. The van der Waals surface area contributed by atoms with Gasteiger partial charge >= 0.3 is 0 Å². The molecule has 0 fully saturated rings. The van der Waals surface area contributed by atoms with Crippen LogP contribution >= 0.6 is 11.3 Å². The number of aldehydes is 1. The van der Waals surface area contributed by atoms with Gasteiger partial charge in [-0.2, -0.15) is 10.5 Å². The molecule has 0 N–H and O–H groups in total. The van der Waals surface area contributed by atoms with Gasteiger partial charge in [0, 0.05) is 10.6 Å². The standard InChI is InChI=1S/C20H14N4OS/c1-14-19(13-25)23-20(26-14)24(18-7-5-15(10-21)6-8-18)12-17-4-2-3-16(9-17)11-22/h2-9,13H,12H2,1H3. The van der Waals surface area contributed by atoms with Gasteiger partial charge in [-0.1, -0.05) is 12.1 Å². The number of aromatic nitrogens is 1. The van der Waals surface area contributed by atoms with Crippen molar-refractivity contribution in [3.05, 3.63) is 75.8 Å². The van der Waals surface area contributed by atoms with Crippen LogP contribution in [0.1, 0.15) is 32.1 Å². The van der Waals surface area contributed by atoms with Crippen molar-refractivity contribution in [1.82, 2.24) is 4.98 Å². The van der Waals surface area contributed by atoms with E-state index >= 15 is 0 Å². The zero-order valence-electron chi connectivity index (χ0n) is 14.0. The highest BCUT2D eigenvalue weighted by Crippen LogP contribution is 2.32. The maximum Gasteiger partial charge on any atom is 0.191 e. The van der Waals surface area contributed by atoms with Crippen molar-refractivity contribution in [1.29, 1.82) is 10.5 Å². The Morgan fingerprint density at radius 1 is 1.12 bits per heavy atom. The van der Waals surface area contributed by atoms with E-state index in [9.17, 15) is 4.79 Å². The summed E-state index contributed by atoms with van der Waals surface area (Å²) in [6.45, 7) is 2.35. The van der Waals surface area contributed by atoms with E-state index in [-0.39, 0.29) is 0 Å². The average molecular weight is 358 g/mol. The molecule has 126 valence electrons. The van der Waals surface area contributed by atoms with Gasteiger partial charge in [0.25, 0.3) is 0 Å². The molecule has 1 aromatic heterocycles. The molecule has 0 unspecified atom stereocenters. The fraction of sp³-hybridized carbons (Fsp3) is 0.100. The van der Waals surface area contributed by atoms with E-state index in [0.29, 0.717) is 28.5 Å². The van der Waals surface area contributed by atoms with E-state index in [4.69, 9.17) is 10.5 Å². The molecule has 2 aromatic carbocycles. The molecule has 0 saturated carbocycles. The van der Waals surface area contributed by atoms with E-state index in [1.165, 1.54) is 11.3 Å². The number of rotatable bonds is 5. The van der Waals surface area contributed by atoms with E-state index in [2.05, 4.69) is 17.1 Å². The lowest BCUT2D eigenvalue weighted by molar-refractivity contribution is 0.111. The second-order valence-electron chi connectivity index (χ2n) is 5.61. The number of aryl methyl sites for hydroxylation is 1. The van der Waals surface area contributed by atoms with Crippen molar-refractivity contribution in [2.75, 3.05) is 4.90 Å². The molecule has 5 nitrogen and oxygen atoms in total. The van der Waals surface area contributed by atoms with Gasteiger partial charge in [0.15, 0.2) is 11.4 Å². The molecule has 0 saturated heterocycles. The minimum Gasteiger partial charge on any atom is -0.313 e. The molecule has 0 spiro atoms. The molecule has 0 atom stereocenters. The number of thiazole rings is 1. The van der Waals surface area contributed by atoms with Crippen molar-refractivity contribution in [3.63, 3.8) is 0 Å². The van der Waals surface area contributed by atoms with Crippen LogP contribution in [-0.2, 0) is 6.54 Å². The normalized spacial score (nSPS) is 9.96. The van der Waals surface area contributed by atoms with E-state index in [1.807, 2.05) is 42.2 Å². The molecule has 26 heavy (non-hydrogen) atoms. The Bertz CT molecular complexity index is 1030. The molecule has 0 aliphatic carbocycles. The summed E-state index contributed by atoms with van der Waals surface area (Å²) < 4.78 is 0. The average Bonchev–Trinajstić information content (AvgIpc) is 3.07. The molecule has 0 bridgehead atoms. The highest BCUT2D eigenvalue weighted by molar-refractivity contribution is 7.15. The summed E-state index contributed by atoms with van der Waals surface area (Å²) in [4.78, 5) is 18.4. The number of nitriles is 2. The minimum atomic E-state index is 0.425. The van der Waals surface area contributed by atoms with Gasteiger partial charge in [-0.05, 0) is 48.9 Å². The second kappa shape index (κ2) is 7.60. The third-order valence-corrected chi connectivity index (χ3v) is 4.88. The minimum absolute atomic E-state index is 0.425. The zero-order valence-corrected chi connectivity index (χ0v) is 14.8. The summed E-state index contributed by atoms with van der Waals surface area (Å²) in [5.74, 6) is 0. The van der Waals surface area contributed by atoms with Crippen LogP contribution < -0.4 is 4.90 Å². The fourth-order valence-electron chi connectivity index (χ4n) is 2.53. The van der Waals surface area contributed by atoms with Gasteiger partial charge < -0.3 is 4.90 Å². The number of anilines is 2. The smallest absolute Gasteiger partial charge is 0.191 e. The first-order chi connectivity index (χ1) is 12.6. The van der Waals surface area contributed by atoms with Gasteiger partial charge in [-0.15, -0.1) is 11.3 Å². The molecule has 1 heterocycles. The highest BCUT2D eigenvalue weighted by Gasteiger charge is 2.17. The van der Waals surface area contributed by atoms with Crippen LogP contribution in [0.5, 0.6) is 0 Å². The topological polar surface area (TPSA) is 80.8 Å². The van der Waals surface area contributed by atoms with Crippen LogP contribution in [0.2, 0.25) is 0 Å². The van der Waals surface area contributed by atoms with Crippen molar-refractivity contribution in [2.45, 2.75) is 13.5 Å². The highest BCUT2D eigenvalue weighted by atomic mass is 32.1. The quantitative estimate of drug-likeness (QED) is 0.634. The Morgan fingerprint density at radius 3 is 2.46 bits per heavy atom. The van der Waals surface area contributed by atoms with Gasteiger partial charge in [-0.3, -0.25) is 4.79 Å². The van der Waals surface area contributed by atoms with Crippen LogP contribution in [0.25, 0.3) is 0 Å². The Morgan fingerprint density at radius 2 is 1.85 bits per heavy atom. The zero-order chi connectivity index (χ0) is 18.5. The van der Waals surface area contributed by atoms with E-state index < -0.39 is 0 Å². The maximum atomic E-state index is 11.2. The van der Waals surface area contributed by atoms with Gasteiger partial charge in [0.05, 0.1) is 29.8 Å². The van der Waals surface area contributed by atoms with Crippen LogP contribution in [0, 0.1) is 29.6 Å². The molecule has 0 radical (unpaired) electrons. The van der Waals surface area contributed by atoms with Crippen LogP contribution in [0.15, 0.2) is 48.5 Å². The summed E-state index contributed by atoms with van der Waals surface area (Å²) in [6, 6.07) is 18.8. The van der Waals surface area contributed by atoms with Crippen molar-refractivity contribution in [3.8, 4) is 12.1 Å². The Hall–Kier alpha value is -3.48. The van der Waals surface area contributed by atoms with E-state index in [1.54, 1.807) is 18.2 Å². The number of nitrogens with zero attached hydrogens (tertiary/aromatic N) is 4. The summed E-state index contributed by atoms with van der Waals surface area (Å²) in [6.07, 6.45) is 0.753. The number of hydrogen-bond acceptors (Lipinski definition) is 6. The molecule has 0 amide bonds. The molecule has 6 heteroatoms. The largest absolute Gasteiger partial charge is 0.313 e. The number of carbonyl (C=O) groups excluding carboxylic acids is 1. The lowest BCUT2D eigenvalue weighted by Crippen LogP contribution is -2.16. The van der Waals surface area contributed by atoms with Crippen LogP contribution in [-0.4, -0.2) is 11.3 Å². The van der Waals surface area contributed by atoms with Crippen molar-refractivity contribution in [2.24, 2.45) is 0 Å². The first-order valence-electron chi connectivity index (χ1n) is 7.84. The summed E-state index contributed by atoms with van der Waals surface area (Å²) >= 11 is 1.43. The number of hydrogen-bond donors (Lipinski definition) is 0. The van der Waals surface area contributed by atoms with Gasteiger partial charge in [0.1, 0.15) is 5.69 Å². The third kappa shape index (κ3) is 3.61. The lowest BCUT2D eigenvalue weighted by atomic mass is 10.1. The SMILES string of the molecule is Cc1sc(N(Cc2cccc(C#N)c2)c2ccc(C#N)cc2)nc1C=O. The second-order valence-corrected chi connectivity index (χ2v) is 6.79. The lowest BCUT2D eigenvalue weighted by Gasteiger charge is -2.22. The number of carbonyl (C=O) groups is 1. The molecule has 3 rings (SSSR count). The first-order valence-corrected chi connectivity index (χ1v) is 8.65. The molecule has 3 aromatic rings. The Labute approximate surface area is 155 Å². The summed E-state index contributed by atoms with van der Waals surface area (Å²) in [5.41, 5.74) is 3.40. The summed E-state index contributed by atoms with van der Waals surface area (Å²) in [5, 5.41) is 18.8. The third-order valence-electron chi connectivity index (χ3n) is 3.87. The molecule has 0 aliphatic heterocycles. The van der Waals surface area contributed by atoms with Gasteiger partial charge in [0.2, 0.25) is 0 Å². The number of benzene rings is 2. The maximum absolute atomic E-state index is 11.2. The fourth-order valence-corrected chi connectivity index (χ4v) is 3.42. The van der Waals surface area contributed by atoms with E-state index in [0.717, 1.165) is 22.4 Å². The van der Waals surface area contributed by atoms with Crippen LogP contribution in [0.3, 0.4) is 0 Å². The molecular formula is C20H14N4OS. The molecule has 0 aliphatic rings. The van der Waals surface area contributed by atoms with Crippen molar-refractivity contribution < 1.29 is 4.79 Å². The Kier molecular flexibility index (Phi) is 5.07. The Balaban J connectivity index is 2.03. The monoisotopic (exact) mass is 358 g/mol. The van der Waals surface area contributed by atoms with Crippen molar-refractivity contribution >= 4 is 28.4 Å². The summed E-state index contributed by atoms with van der Waals surface area (Å²) in [7, 11) is 0. The first kappa shape index (κ1) is 17.3. The van der Waals surface area contributed by atoms with Gasteiger partial charge in [-0.25, -0.2) is 4.98 Å².